The van der Waals surface area contributed by atoms with Crippen molar-refractivity contribution >= 4 is 22.5 Å². The van der Waals surface area contributed by atoms with Crippen LogP contribution in [0.15, 0.2) is 53.2 Å². The highest BCUT2D eigenvalue weighted by Gasteiger charge is 2.35. The topological polar surface area (TPSA) is 75.0 Å². The molecule has 0 spiro atoms. The standard InChI is InChI=1S/C22H20N4O2/c1-13-6-7-19(14(2)10-13)26-12-15(11-20(26)27)21-24-22(28-25-21)17-4-3-5-18-16(17)8-9-23-18/h3-10,15,23H,11-12H2,1-2H3. The summed E-state index contributed by atoms with van der Waals surface area (Å²) in [4.78, 5) is 22.3. The van der Waals surface area contributed by atoms with Gasteiger partial charge in [0.25, 0.3) is 5.89 Å². The lowest BCUT2D eigenvalue weighted by Gasteiger charge is -2.19. The fourth-order valence-electron chi connectivity index (χ4n) is 4.00. The first kappa shape index (κ1) is 16.7. The highest BCUT2D eigenvalue weighted by molar-refractivity contribution is 5.97. The van der Waals surface area contributed by atoms with Crippen molar-refractivity contribution in [2.24, 2.45) is 0 Å². The molecule has 1 N–H and O–H groups in total. The molecule has 4 aromatic rings. The van der Waals surface area contributed by atoms with E-state index in [1.807, 2.05) is 54.4 Å². The Morgan fingerprint density at radius 2 is 2.07 bits per heavy atom. The van der Waals surface area contributed by atoms with Gasteiger partial charge in [-0.15, -0.1) is 0 Å². The van der Waals surface area contributed by atoms with E-state index < -0.39 is 0 Å². The summed E-state index contributed by atoms with van der Waals surface area (Å²) in [6.07, 6.45) is 2.28. The Labute approximate surface area is 162 Å². The van der Waals surface area contributed by atoms with Crippen molar-refractivity contribution in [2.45, 2.75) is 26.2 Å². The van der Waals surface area contributed by atoms with Crippen LogP contribution in [0.2, 0.25) is 0 Å². The molecule has 2 aromatic carbocycles. The first-order valence-corrected chi connectivity index (χ1v) is 9.38. The average Bonchev–Trinajstić information content (AvgIpc) is 3.40. The van der Waals surface area contributed by atoms with E-state index in [9.17, 15) is 4.79 Å². The third-order valence-electron chi connectivity index (χ3n) is 5.40. The number of H-pyrrole nitrogens is 1. The van der Waals surface area contributed by atoms with Crippen molar-refractivity contribution in [1.82, 2.24) is 15.1 Å². The number of fused-ring (bicyclic) bond motifs is 1. The molecule has 1 atom stereocenters. The fourth-order valence-corrected chi connectivity index (χ4v) is 4.00. The molecular weight excluding hydrogens is 352 g/mol. The van der Waals surface area contributed by atoms with Gasteiger partial charge in [-0.05, 0) is 43.7 Å². The Balaban J connectivity index is 1.44. The SMILES string of the molecule is Cc1ccc(N2CC(c3noc(-c4cccc5[nH]ccc45)n3)CC2=O)c(C)c1. The number of nitrogens with one attached hydrogen (secondary N) is 1. The van der Waals surface area contributed by atoms with E-state index in [0.717, 1.165) is 27.7 Å². The second kappa shape index (κ2) is 6.34. The number of aryl methyl sites for hydroxylation is 2. The number of nitrogens with zero attached hydrogens (tertiary/aromatic N) is 3. The quantitative estimate of drug-likeness (QED) is 0.580. The van der Waals surface area contributed by atoms with Gasteiger partial charge in [-0.1, -0.05) is 28.9 Å². The van der Waals surface area contributed by atoms with Gasteiger partial charge in [-0.3, -0.25) is 4.79 Å². The number of hydrogen-bond donors (Lipinski definition) is 1. The molecular formula is C22H20N4O2. The minimum absolute atomic E-state index is 0.0730. The Morgan fingerprint density at radius 3 is 2.93 bits per heavy atom. The van der Waals surface area contributed by atoms with Crippen LogP contribution >= 0.6 is 0 Å². The third-order valence-corrected chi connectivity index (χ3v) is 5.40. The zero-order chi connectivity index (χ0) is 19.3. The largest absolute Gasteiger partial charge is 0.361 e. The molecule has 1 unspecified atom stereocenters. The van der Waals surface area contributed by atoms with Gasteiger partial charge in [-0.2, -0.15) is 4.98 Å². The summed E-state index contributed by atoms with van der Waals surface area (Å²) in [6, 6.07) is 14.1. The molecule has 28 heavy (non-hydrogen) atoms. The summed E-state index contributed by atoms with van der Waals surface area (Å²) in [5.74, 6) is 1.09. The van der Waals surface area contributed by atoms with Crippen molar-refractivity contribution < 1.29 is 9.32 Å². The first-order chi connectivity index (χ1) is 13.6. The molecule has 6 nitrogen and oxygen atoms in total. The van der Waals surface area contributed by atoms with Crippen molar-refractivity contribution in [1.29, 1.82) is 0 Å². The van der Waals surface area contributed by atoms with Crippen LogP contribution in [0.4, 0.5) is 5.69 Å². The summed E-state index contributed by atoms with van der Waals surface area (Å²) in [5, 5.41) is 5.23. The zero-order valence-electron chi connectivity index (χ0n) is 15.8. The molecule has 2 aromatic heterocycles. The highest BCUT2D eigenvalue weighted by atomic mass is 16.5. The van der Waals surface area contributed by atoms with Gasteiger partial charge in [0.15, 0.2) is 5.82 Å². The van der Waals surface area contributed by atoms with Crippen LogP contribution in [-0.4, -0.2) is 27.6 Å². The number of amides is 1. The van der Waals surface area contributed by atoms with E-state index in [1.165, 1.54) is 5.56 Å². The van der Waals surface area contributed by atoms with Gasteiger partial charge < -0.3 is 14.4 Å². The van der Waals surface area contributed by atoms with E-state index in [0.29, 0.717) is 24.7 Å². The van der Waals surface area contributed by atoms with E-state index >= 15 is 0 Å². The number of hydrogen-bond acceptors (Lipinski definition) is 4. The van der Waals surface area contributed by atoms with Crippen molar-refractivity contribution in [3.05, 3.63) is 65.6 Å². The molecule has 0 radical (unpaired) electrons. The normalized spacial score (nSPS) is 17.0. The molecule has 1 aliphatic heterocycles. The molecule has 5 rings (SSSR count). The fraction of sp³-hybridized carbons (Fsp3) is 0.227. The predicted molar refractivity (Wildman–Crippen MR) is 107 cm³/mol. The van der Waals surface area contributed by atoms with E-state index in [1.54, 1.807) is 0 Å². The highest BCUT2D eigenvalue weighted by Crippen LogP contribution is 2.34. The first-order valence-electron chi connectivity index (χ1n) is 9.38. The monoisotopic (exact) mass is 372 g/mol. The summed E-state index contributed by atoms with van der Waals surface area (Å²) in [6.45, 7) is 4.65. The number of rotatable bonds is 3. The molecule has 140 valence electrons. The molecule has 0 aliphatic carbocycles. The van der Waals surface area contributed by atoms with Gasteiger partial charge in [0.05, 0.1) is 0 Å². The van der Waals surface area contributed by atoms with Gasteiger partial charge >= 0.3 is 0 Å². The smallest absolute Gasteiger partial charge is 0.258 e. The second-order valence-corrected chi connectivity index (χ2v) is 7.40. The zero-order valence-corrected chi connectivity index (χ0v) is 15.8. The molecule has 6 heteroatoms. The maximum Gasteiger partial charge on any atom is 0.258 e. The summed E-state index contributed by atoms with van der Waals surface area (Å²) in [7, 11) is 0. The maximum absolute atomic E-state index is 12.6. The van der Waals surface area contributed by atoms with Gasteiger partial charge in [0, 0.05) is 47.2 Å². The molecule has 0 bridgehead atoms. The maximum atomic E-state index is 12.6. The molecule has 0 saturated carbocycles. The molecule has 1 aliphatic rings. The Hall–Kier alpha value is -3.41. The van der Waals surface area contributed by atoms with E-state index in [-0.39, 0.29) is 11.8 Å². The minimum Gasteiger partial charge on any atom is -0.361 e. The lowest BCUT2D eigenvalue weighted by Crippen LogP contribution is -2.25. The number of benzene rings is 2. The Morgan fingerprint density at radius 1 is 1.18 bits per heavy atom. The van der Waals surface area contributed by atoms with Gasteiger partial charge in [0.2, 0.25) is 5.91 Å². The molecule has 3 heterocycles. The lowest BCUT2D eigenvalue weighted by atomic mass is 10.1. The second-order valence-electron chi connectivity index (χ2n) is 7.40. The van der Waals surface area contributed by atoms with Crippen LogP contribution in [0, 0.1) is 13.8 Å². The van der Waals surface area contributed by atoms with E-state index in [4.69, 9.17) is 4.52 Å². The molecule has 1 fully saturated rings. The van der Waals surface area contributed by atoms with Crippen LogP contribution < -0.4 is 4.90 Å². The number of aromatic nitrogens is 3. The third kappa shape index (κ3) is 2.69. The van der Waals surface area contributed by atoms with E-state index in [2.05, 4.69) is 28.1 Å². The number of anilines is 1. The summed E-state index contributed by atoms with van der Waals surface area (Å²) >= 11 is 0. The number of carbonyl (C=O) groups excluding carboxylic acids is 1. The van der Waals surface area contributed by atoms with Crippen LogP contribution in [0.1, 0.15) is 29.3 Å². The predicted octanol–water partition coefficient (Wildman–Crippen LogP) is 4.36. The summed E-state index contributed by atoms with van der Waals surface area (Å²) in [5.41, 5.74) is 5.16. The van der Waals surface area contributed by atoms with Crippen LogP contribution in [0.25, 0.3) is 22.4 Å². The summed E-state index contributed by atoms with van der Waals surface area (Å²) < 4.78 is 5.55. The average molecular weight is 372 g/mol. The Kier molecular flexibility index (Phi) is 3.79. The van der Waals surface area contributed by atoms with Crippen LogP contribution in [-0.2, 0) is 4.79 Å². The van der Waals surface area contributed by atoms with Gasteiger partial charge in [-0.25, -0.2) is 0 Å². The van der Waals surface area contributed by atoms with Crippen molar-refractivity contribution in [3.8, 4) is 11.5 Å². The van der Waals surface area contributed by atoms with Crippen molar-refractivity contribution in [3.63, 3.8) is 0 Å². The van der Waals surface area contributed by atoms with Crippen LogP contribution in [0.5, 0.6) is 0 Å². The minimum atomic E-state index is -0.0730. The van der Waals surface area contributed by atoms with Crippen molar-refractivity contribution in [2.75, 3.05) is 11.4 Å². The number of aromatic amines is 1. The van der Waals surface area contributed by atoms with Crippen LogP contribution in [0.3, 0.4) is 0 Å². The van der Waals surface area contributed by atoms with Gasteiger partial charge in [0.1, 0.15) is 0 Å². The Bertz CT molecular complexity index is 1190. The molecule has 1 saturated heterocycles. The number of carbonyl (C=O) groups is 1. The lowest BCUT2D eigenvalue weighted by molar-refractivity contribution is -0.117. The molecule has 1 amide bonds.